The van der Waals surface area contributed by atoms with Crippen molar-refractivity contribution in [1.29, 1.82) is 0 Å². The lowest BCUT2D eigenvalue weighted by molar-refractivity contribution is -0.307. The second kappa shape index (κ2) is 6.30. The Morgan fingerprint density at radius 2 is 1.90 bits per heavy atom. The van der Waals surface area contributed by atoms with Crippen molar-refractivity contribution in [3.8, 4) is 5.75 Å². The highest BCUT2D eigenvalue weighted by Gasteiger charge is 2.30. The molecule has 1 atom stereocenters. The fraction of sp³-hybridized carbons (Fsp3) is 0.429. The monoisotopic (exact) mass is 317 g/mol. The summed E-state index contributed by atoms with van der Waals surface area (Å²) >= 11 is 5.73. The van der Waals surface area contributed by atoms with Gasteiger partial charge in [0.15, 0.2) is 0 Å². The molecule has 0 N–H and O–H groups in total. The summed E-state index contributed by atoms with van der Waals surface area (Å²) in [7, 11) is 1.28. The highest BCUT2D eigenvalue weighted by Crippen LogP contribution is 2.32. The van der Waals surface area contributed by atoms with Crippen molar-refractivity contribution in [1.82, 2.24) is 0 Å². The number of benzene rings is 1. The number of carboxylic acid groups (broad SMARTS) is 1. The van der Waals surface area contributed by atoms with Gasteiger partial charge in [-0.25, -0.2) is 4.39 Å². The highest BCUT2D eigenvalue weighted by molar-refractivity contribution is 6.32. The summed E-state index contributed by atoms with van der Waals surface area (Å²) < 4.78 is 23.8. The molecule has 116 valence electrons. The summed E-state index contributed by atoms with van der Waals surface area (Å²) in [4.78, 5) is 23.2. The zero-order valence-corrected chi connectivity index (χ0v) is 12.8. The second-order valence-corrected chi connectivity index (χ2v) is 5.70. The van der Waals surface area contributed by atoms with E-state index in [4.69, 9.17) is 21.1 Å². The molecular formula is C14H15ClFO5-. The fourth-order valence-corrected chi connectivity index (χ4v) is 1.86. The number of carbonyl (C=O) groups excluding carboxylic acids is 2. The molecule has 21 heavy (non-hydrogen) atoms. The molecule has 7 heteroatoms. The Morgan fingerprint density at radius 1 is 1.33 bits per heavy atom. The summed E-state index contributed by atoms with van der Waals surface area (Å²) in [5.41, 5.74) is -1.34. The quantitative estimate of drug-likeness (QED) is 0.623. The van der Waals surface area contributed by atoms with E-state index in [1.54, 1.807) is 20.8 Å². The van der Waals surface area contributed by atoms with Crippen LogP contribution >= 0.6 is 11.6 Å². The smallest absolute Gasteiger partial charge is 0.319 e. The van der Waals surface area contributed by atoms with Crippen LogP contribution in [0.2, 0.25) is 5.02 Å². The van der Waals surface area contributed by atoms with E-state index in [1.165, 1.54) is 7.11 Å². The van der Waals surface area contributed by atoms with Gasteiger partial charge in [0.25, 0.3) is 0 Å². The molecule has 0 saturated heterocycles. The molecule has 0 fully saturated rings. The van der Waals surface area contributed by atoms with Crippen molar-refractivity contribution < 1.29 is 28.6 Å². The maximum atomic E-state index is 13.9. The third-order valence-electron chi connectivity index (χ3n) is 2.46. The topological polar surface area (TPSA) is 75.7 Å². The lowest BCUT2D eigenvalue weighted by atomic mass is 9.98. The first kappa shape index (κ1) is 17.2. The lowest BCUT2D eigenvalue weighted by Gasteiger charge is -2.25. The van der Waals surface area contributed by atoms with Crippen LogP contribution < -0.4 is 9.84 Å². The Morgan fingerprint density at radius 3 is 2.33 bits per heavy atom. The van der Waals surface area contributed by atoms with Gasteiger partial charge in [-0.15, -0.1) is 0 Å². The molecule has 5 nitrogen and oxygen atoms in total. The molecule has 0 saturated carbocycles. The van der Waals surface area contributed by atoms with E-state index in [0.29, 0.717) is 0 Å². The van der Waals surface area contributed by atoms with Gasteiger partial charge in [-0.1, -0.05) is 11.6 Å². The number of rotatable bonds is 4. The van der Waals surface area contributed by atoms with E-state index in [-0.39, 0.29) is 10.8 Å². The third kappa shape index (κ3) is 4.32. The largest absolute Gasteiger partial charge is 0.549 e. The minimum Gasteiger partial charge on any atom is -0.549 e. The number of esters is 1. The highest BCUT2D eigenvalue weighted by atomic mass is 35.5. The van der Waals surface area contributed by atoms with Crippen LogP contribution in [0.4, 0.5) is 4.39 Å². The molecular weight excluding hydrogens is 303 g/mol. The summed E-state index contributed by atoms with van der Waals surface area (Å²) in [5.74, 6) is -5.71. The van der Waals surface area contributed by atoms with Crippen LogP contribution in [0.1, 0.15) is 32.3 Å². The second-order valence-electron chi connectivity index (χ2n) is 5.29. The van der Waals surface area contributed by atoms with Crippen LogP contribution in [-0.4, -0.2) is 24.6 Å². The molecule has 0 spiro atoms. The normalized spacial score (nSPS) is 12.7. The Balaban J connectivity index is 3.30. The lowest BCUT2D eigenvalue weighted by Crippen LogP contribution is -2.38. The number of aliphatic carboxylic acids is 1. The third-order valence-corrected chi connectivity index (χ3v) is 2.76. The van der Waals surface area contributed by atoms with Gasteiger partial charge in [0, 0.05) is 5.56 Å². The van der Waals surface area contributed by atoms with Crippen molar-refractivity contribution in [2.24, 2.45) is 0 Å². The zero-order chi connectivity index (χ0) is 16.4. The van der Waals surface area contributed by atoms with Gasteiger partial charge in [-0.3, -0.25) is 4.79 Å². The molecule has 1 aromatic rings. The van der Waals surface area contributed by atoms with Crippen molar-refractivity contribution in [3.63, 3.8) is 0 Å². The zero-order valence-electron chi connectivity index (χ0n) is 12.0. The molecule has 1 aromatic carbocycles. The minimum absolute atomic E-state index is 0.0416. The van der Waals surface area contributed by atoms with E-state index in [0.717, 1.165) is 12.1 Å². The van der Waals surface area contributed by atoms with Crippen LogP contribution in [0.5, 0.6) is 5.75 Å². The van der Waals surface area contributed by atoms with Gasteiger partial charge in [-0.05, 0) is 32.9 Å². The summed E-state index contributed by atoms with van der Waals surface area (Å²) in [6.07, 6.45) is 0. The van der Waals surface area contributed by atoms with Crippen LogP contribution in [0.25, 0.3) is 0 Å². The van der Waals surface area contributed by atoms with Crippen molar-refractivity contribution in [2.75, 3.05) is 7.11 Å². The van der Waals surface area contributed by atoms with Crippen molar-refractivity contribution in [2.45, 2.75) is 32.3 Å². The van der Waals surface area contributed by atoms with Crippen LogP contribution in [-0.2, 0) is 14.3 Å². The Bertz CT molecular complexity index is 565. The number of hydrogen-bond acceptors (Lipinski definition) is 5. The number of halogens is 2. The molecule has 0 bridgehead atoms. The first-order chi connectivity index (χ1) is 9.56. The maximum Gasteiger partial charge on any atom is 0.319 e. The molecule has 1 unspecified atom stereocenters. The first-order valence-electron chi connectivity index (χ1n) is 6.03. The standard InChI is InChI=1S/C14H16ClFO5/c1-14(2,3)21-13(19)11(12(17)18)7-5-10(20-4)8(15)6-9(7)16/h5-6,11H,1-4H3,(H,17,18)/p-1. The number of methoxy groups -OCH3 is 1. The van der Waals surface area contributed by atoms with Gasteiger partial charge in [0.05, 0.1) is 18.1 Å². The number of hydrogen-bond donors (Lipinski definition) is 0. The summed E-state index contributed by atoms with van der Waals surface area (Å²) in [5, 5.41) is 11.2. The molecule has 0 aliphatic heterocycles. The molecule has 0 radical (unpaired) electrons. The molecule has 0 amide bonds. The van der Waals surface area contributed by atoms with Crippen LogP contribution in [0.15, 0.2) is 12.1 Å². The van der Waals surface area contributed by atoms with Gasteiger partial charge in [0.2, 0.25) is 0 Å². The van der Waals surface area contributed by atoms with Crippen LogP contribution in [0, 0.1) is 5.82 Å². The maximum absolute atomic E-state index is 13.9. The van der Waals surface area contributed by atoms with Gasteiger partial charge in [0.1, 0.15) is 23.1 Å². The molecule has 0 aliphatic carbocycles. The molecule has 0 heterocycles. The molecule has 0 aliphatic rings. The Labute approximate surface area is 126 Å². The average Bonchev–Trinajstić information content (AvgIpc) is 2.29. The average molecular weight is 318 g/mol. The van der Waals surface area contributed by atoms with Crippen molar-refractivity contribution >= 4 is 23.5 Å². The summed E-state index contributed by atoms with van der Waals surface area (Å²) in [6, 6.07) is 1.91. The first-order valence-corrected chi connectivity index (χ1v) is 6.41. The molecule has 0 aromatic heterocycles. The fourth-order valence-electron chi connectivity index (χ4n) is 1.63. The number of carboxylic acids is 1. The van der Waals surface area contributed by atoms with E-state index in [1.807, 2.05) is 0 Å². The van der Waals surface area contributed by atoms with E-state index >= 15 is 0 Å². The SMILES string of the molecule is COc1cc(C(C(=O)[O-])C(=O)OC(C)(C)C)c(F)cc1Cl. The van der Waals surface area contributed by atoms with Gasteiger partial charge >= 0.3 is 5.97 Å². The van der Waals surface area contributed by atoms with Crippen molar-refractivity contribution in [3.05, 3.63) is 28.5 Å². The predicted molar refractivity (Wildman–Crippen MR) is 71.6 cm³/mol. The van der Waals surface area contributed by atoms with E-state index < -0.39 is 34.8 Å². The van der Waals surface area contributed by atoms with Gasteiger partial charge in [-0.2, -0.15) is 0 Å². The predicted octanol–water partition coefficient (Wildman–Crippen LogP) is 1.66. The van der Waals surface area contributed by atoms with Crippen LogP contribution in [0.3, 0.4) is 0 Å². The Kier molecular flexibility index (Phi) is 5.17. The minimum atomic E-state index is -1.91. The Hall–Kier alpha value is -1.82. The number of carbonyl (C=O) groups is 2. The van der Waals surface area contributed by atoms with E-state index in [9.17, 15) is 19.1 Å². The molecule has 1 rings (SSSR count). The van der Waals surface area contributed by atoms with Gasteiger partial charge < -0.3 is 19.4 Å². The summed E-state index contributed by atoms with van der Waals surface area (Å²) in [6.45, 7) is 4.70. The van der Waals surface area contributed by atoms with E-state index in [2.05, 4.69) is 0 Å². The number of ether oxygens (including phenoxy) is 2.